The van der Waals surface area contributed by atoms with Gasteiger partial charge in [-0.05, 0) is 50.2 Å². The van der Waals surface area contributed by atoms with Gasteiger partial charge >= 0.3 is 0 Å². The predicted molar refractivity (Wildman–Crippen MR) is 93.9 cm³/mol. The number of nitrogens with zero attached hydrogens (tertiary/aromatic N) is 2. The third-order valence-corrected chi connectivity index (χ3v) is 3.50. The molecule has 0 bridgehead atoms. The zero-order valence-corrected chi connectivity index (χ0v) is 13.4. The minimum absolute atomic E-state index is 0.0682. The molecular formula is C18H17N3O3. The summed E-state index contributed by atoms with van der Waals surface area (Å²) in [7, 11) is 0. The zero-order valence-electron chi connectivity index (χ0n) is 13.4. The molecule has 0 spiro atoms. The molecule has 0 aliphatic heterocycles. The summed E-state index contributed by atoms with van der Waals surface area (Å²) >= 11 is 0. The Morgan fingerprint density at radius 2 is 1.83 bits per heavy atom. The van der Waals surface area contributed by atoms with Crippen molar-refractivity contribution in [3.05, 3.63) is 65.0 Å². The van der Waals surface area contributed by atoms with E-state index in [2.05, 4.69) is 10.3 Å². The number of nitro groups is 1. The maximum Gasteiger partial charge on any atom is 0.277 e. The summed E-state index contributed by atoms with van der Waals surface area (Å²) in [5.74, 6) is 0.797. The maximum atomic E-state index is 11.2. The molecule has 6 heteroatoms. The van der Waals surface area contributed by atoms with Gasteiger partial charge in [-0.3, -0.25) is 15.1 Å². The van der Waals surface area contributed by atoms with E-state index >= 15 is 0 Å². The van der Waals surface area contributed by atoms with Crippen LogP contribution in [-0.2, 0) is 0 Å². The van der Waals surface area contributed by atoms with E-state index in [0.717, 1.165) is 17.1 Å². The third-order valence-electron chi connectivity index (χ3n) is 3.50. The number of anilines is 2. The Morgan fingerprint density at radius 1 is 1.08 bits per heavy atom. The zero-order chi connectivity index (χ0) is 17.1. The highest BCUT2D eigenvalue weighted by Crippen LogP contribution is 2.32. The molecule has 0 unspecified atom stereocenters. The number of hydrogen-bond donors (Lipinski definition) is 1. The highest BCUT2D eigenvalue weighted by atomic mass is 16.6. The van der Waals surface area contributed by atoms with E-state index in [1.54, 1.807) is 24.5 Å². The Bertz CT molecular complexity index is 876. The van der Waals surface area contributed by atoms with Gasteiger partial charge in [-0.25, -0.2) is 0 Å². The monoisotopic (exact) mass is 323 g/mol. The average Bonchev–Trinajstić information content (AvgIpc) is 2.56. The van der Waals surface area contributed by atoms with Crippen molar-refractivity contribution in [3.63, 3.8) is 0 Å². The molecule has 0 radical (unpaired) electrons. The number of benzene rings is 2. The van der Waals surface area contributed by atoms with E-state index in [-0.39, 0.29) is 16.7 Å². The van der Waals surface area contributed by atoms with Crippen LogP contribution in [0.1, 0.15) is 13.8 Å². The van der Waals surface area contributed by atoms with Crippen LogP contribution < -0.4 is 10.1 Å². The van der Waals surface area contributed by atoms with Gasteiger partial charge in [0.15, 0.2) is 0 Å². The van der Waals surface area contributed by atoms with Gasteiger partial charge < -0.3 is 10.1 Å². The highest BCUT2D eigenvalue weighted by molar-refractivity contribution is 6.00. The lowest BCUT2D eigenvalue weighted by atomic mass is 10.1. The summed E-state index contributed by atoms with van der Waals surface area (Å²) in [6.45, 7) is 3.95. The van der Waals surface area contributed by atoms with Crippen LogP contribution in [-0.4, -0.2) is 16.0 Å². The normalized spacial score (nSPS) is 10.8. The number of non-ortho nitro benzene ring substituents is 1. The summed E-state index contributed by atoms with van der Waals surface area (Å²) in [4.78, 5) is 14.9. The first-order valence-electron chi connectivity index (χ1n) is 7.59. The van der Waals surface area contributed by atoms with Crippen LogP contribution in [0.3, 0.4) is 0 Å². The first-order chi connectivity index (χ1) is 11.5. The van der Waals surface area contributed by atoms with Crippen LogP contribution in [0.25, 0.3) is 10.8 Å². The minimum Gasteiger partial charge on any atom is -0.491 e. The van der Waals surface area contributed by atoms with E-state index in [9.17, 15) is 10.1 Å². The van der Waals surface area contributed by atoms with Crippen LogP contribution >= 0.6 is 0 Å². The number of nitro benzene ring substituents is 1. The van der Waals surface area contributed by atoms with Gasteiger partial charge in [0.25, 0.3) is 5.69 Å². The molecule has 0 aliphatic carbocycles. The lowest BCUT2D eigenvalue weighted by Crippen LogP contribution is -2.05. The standard InChI is InChI=1S/C18H17N3O3/c1-12(2)24-14-5-3-13(4-6-14)20-17-7-8-18(21(22)23)15-9-10-19-11-16(15)17/h3-12,20H,1-2H3. The second kappa shape index (κ2) is 6.54. The summed E-state index contributed by atoms with van der Waals surface area (Å²) < 4.78 is 5.62. The van der Waals surface area contributed by atoms with E-state index in [1.165, 1.54) is 6.07 Å². The Morgan fingerprint density at radius 3 is 2.50 bits per heavy atom. The molecule has 3 rings (SSSR count). The number of rotatable bonds is 5. The molecule has 1 heterocycles. The predicted octanol–water partition coefficient (Wildman–Crippen LogP) is 4.67. The summed E-state index contributed by atoms with van der Waals surface area (Å²) in [5.41, 5.74) is 1.70. The number of pyridine rings is 1. The number of ether oxygens (including phenoxy) is 1. The van der Waals surface area contributed by atoms with Crippen molar-refractivity contribution in [3.8, 4) is 5.75 Å². The molecule has 0 aliphatic rings. The van der Waals surface area contributed by atoms with Crippen LogP contribution in [0, 0.1) is 10.1 Å². The Balaban J connectivity index is 1.93. The van der Waals surface area contributed by atoms with Crippen molar-refractivity contribution in [2.75, 3.05) is 5.32 Å². The molecule has 2 aromatic carbocycles. The smallest absolute Gasteiger partial charge is 0.277 e. The van der Waals surface area contributed by atoms with Gasteiger partial charge in [-0.1, -0.05) is 0 Å². The van der Waals surface area contributed by atoms with Crippen LogP contribution in [0.2, 0.25) is 0 Å². The van der Waals surface area contributed by atoms with Crippen molar-refractivity contribution in [2.24, 2.45) is 0 Å². The number of hydrogen-bond acceptors (Lipinski definition) is 5. The minimum atomic E-state index is -0.385. The molecule has 0 atom stereocenters. The van der Waals surface area contributed by atoms with Crippen LogP contribution in [0.5, 0.6) is 5.75 Å². The van der Waals surface area contributed by atoms with E-state index in [0.29, 0.717) is 10.8 Å². The molecule has 24 heavy (non-hydrogen) atoms. The fourth-order valence-electron chi connectivity index (χ4n) is 2.49. The van der Waals surface area contributed by atoms with Gasteiger partial charge in [0.2, 0.25) is 0 Å². The highest BCUT2D eigenvalue weighted by Gasteiger charge is 2.14. The van der Waals surface area contributed by atoms with Gasteiger partial charge in [-0.2, -0.15) is 0 Å². The van der Waals surface area contributed by atoms with Gasteiger partial charge in [0.05, 0.1) is 16.4 Å². The molecule has 122 valence electrons. The van der Waals surface area contributed by atoms with E-state index in [1.807, 2.05) is 38.1 Å². The molecule has 1 N–H and O–H groups in total. The van der Waals surface area contributed by atoms with Crippen LogP contribution in [0.4, 0.5) is 17.1 Å². The van der Waals surface area contributed by atoms with Gasteiger partial charge in [0.1, 0.15) is 5.75 Å². The quantitative estimate of drug-likeness (QED) is 0.545. The van der Waals surface area contributed by atoms with Crippen molar-refractivity contribution in [2.45, 2.75) is 20.0 Å². The second-order valence-electron chi connectivity index (χ2n) is 5.63. The summed E-state index contributed by atoms with van der Waals surface area (Å²) in [5, 5.41) is 15.7. The lowest BCUT2D eigenvalue weighted by molar-refractivity contribution is -0.383. The molecule has 0 saturated heterocycles. The van der Waals surface area contributed by atoms with Crippen molar-refractivity contribution in [1.29, 1.82) is 0 Å². The Labute approximate surface area is 139 Å². The lowest BCUT2D eigenvalue weighted by Gasteiger charge is -2.12. The van der Waals surface area contributed by atoms with Crippen molar-refractivity contribution < 1.29 is 9.66 Å². The Hall–Kier alpha value is -3.15. The van der Waals surface area contributed by atoms with Crippen molar-refractivity contribution >= 4 is 27.8 Å². The average molecular weight is 323 g/mol. The molecule has 0 amide bonds. The van der Waals surface area contributed by atoms with Gasteiger partial charge in [-0.15, -0.1) is 0 Å². The SMILES string of the molecule is CC(C)Oc1ccc(Nc2ccc([N+](=O)[O-])c3ccncc23)cc1. The number of nitrogens with one attached hydrogen (secondary N) is 1. The third kappa shape index (κ3) is 3.27. The number of aromatic nitrogens is 1. The Kier molecular flexibility index (Phi) is 4.29. The van der Waals surface area contributed by atoms with E-state index in [4.69, 9.17) is 4.74 Å². The summed E-state index contributed by atoms with van der Waals surface area (Å²) in [6.07, 6.45) is 3.30. The molecule has 0 fully saturated rings. The molecule has 0 saturated carbocycles. The molecule has 3 aromatic rings. The molecule has 1 aromatic heterocycles. The second-order valence-corrected chi connectivity index (χ2v) is 5.63. The van der Waals surface area contributed by atoms with Crippen molar-refractivity contribution in [1.82, 2.24) is 4.98 Å². The molecule has 6 nitrogen and oxygen atoms in total. The first-order valence-corrected chi connectivity index (χ1v) is 7.59. The number of fused-ring (bicyclic) bond motifs is 1. The molecular weight excluding hydrogens is 306 g/mol. The fraction of sp³-hybridized carbons (Fsp3) is 0.167. The first kappa shape index (κ1) is 15.7. The fourth-order valence-corrected chi connectivity index (χ4v) is 2.49. The maximum absolute atomic E-state index is 11.2. The summed E-state index contributed by atoms with van der Waals surface area (Å²) in [6, 6.07) is 12.4. The largest absolute Gasteiger partial charge is 0.491 e. The van der Waals surface area contributed by atoms with E-state index < -0.39 is 0 Å². The van der Waals surface area contributed by atoms with Crippen LogP contribution in [0.15, 0.2) is 54.9 Å². The topological polar surface area (TPSA) is 77.3 Å². The van der Waals surface area contributed by atoms with Gasteiger partial charge in [0, 0.05) is 35.2 Å².